The van der Waals surface area contributed by atoms with Gasteiger partial charge in [-0.2, -0.15) is 0 Å². The van der Waals surface area contributed by atoms with Gasteiger partial charge in [-0.25, -0.2) is 0 Å². The molecule has 10 atom stereocenters. The standard InChI is InChI=1S/2C12H20O6.CH3.ClH.Ti/c2*1-11(2)14-5-6(16-11)8-7(13)9-10(15-8)18-12(3,4)17-9;;;/h2*6-10,13H,5H2,1-4H3;1H3;1H;/q;;-1;;+2/p-1/t2*6-,7?,8+,9?,10+;;;/m00.../s1. The summed E-state index contributed by atoms with van der Waals surface area (Å²) in [6, 6.07) is 0. The molecule has 0 radical (unpaired) electrons. The second kappa shape index (κ2) is 12.3. The van der Waals surface area contributed by atoms with E-state index in [1.54, 1.807) is 27.7 Å². The molecule has 4 unspecified atom stereocenters. The third-order valence-corrected chi connectivity index (χ3v) is 6.90. The Bertz CT molecular complexity index is 763. The summed E-state index contributed by atoms with van der Waals surface area (Å²) in [4.78, 5) is 0. The van der Waals surface area contributed by atoms with Gasteiger partial charge in [-0.1, -0.05) is 0 Å². The Hall–Kier alpha value is 0.524. The molecule has 0 aromatic carbocycles. The summed E-state index contributed by atoms with van der Waals surface area (Å²) in [5.41, 5.74) is 0. The van der Waals surface area contributed by atoms with Crippen LogP contribution < -0.4 is 0 Å². The van der Waals surface area contributed by atoms with E-state index in [1.807, 2.05) is 27.7 Å². The van der Waals surface area contributed by atoms with Crippen molar-refractivity contribution in [2.24, 2.45) is 0 Å². The molecule has 6 fully saturated rings. The van der Waals surface area contributed by atoms with Gasteiger partial charge < -0.3 is 65.0 Å². The van der Waals surface area contributed by atoms with E-state index in [2.05, 4.69) is 9.30 Å². The predicted molar refractivity (Wildman–Crippen MR) is 131 cm³/mol. The second-order valence-electron chi connectivity index (χ2n) is 11.9. The molecule has 0 aromatic heterocycles. The molecular weight excluding hydrogens is 576 g/mol. The molecule has 14 heteroatoms. The van der Waals surface area contributed by atoms with Crippen LogP contribution in [-0.2, 0) is 66.7 Å². The molecule has 0 aliphatic carbocycles. The SMILES string of the molecule is CC1(C)OC2C(O)[C@@H]([C@@H]3COC(C)(C)O3)O[C@@H]2O1.CC1(C)OC2C(O)[C@@H]([C@@H]3COC(C)(C)O3)O[C@@H]2O1.[CH3-].[Cl][Ti+]. The number of hydrogen-bond donors (Lipinski definition) is 2. The second-order valence-corrected chi connectivity index (χ2v) is 11.9. The maximum atomic E-state index is 10.3. The Morgan fingerprint density at radius 3 is 1.13 bits per heavy atom. The van der Waals surface area contributed by atoms with Crippen LogP contribution in [0.5, 0.6) is 0 Å². The van der Waals surface area contributed by atoms with E-state index >= 15 is 0 Å². The summed E-state index contributed by atoms with van der Waals surface area (Å²) < 4.78 is 56.2. The zero-order valence-electron chi connectivity index (χ0n) is 24.0. The first-order valence-corrected chi connectivity index (χ1v) is 14.9. The Kier molecular flexibility index (Phi) is 10.7. The van der Waals surface area contributed by atoms with Crippen molar-refractivity contribution in [2.75, 3.05) is 13.2 Å². The number of aliphatic hydroxyl groups excluding tert-OH is 2. The predicted octanol–water partition coefficient (Wildman–Crippen LogP) is 1.89. The van der Waals surface area contributed by atoms with Crippen LogP contribution in [0.2, 0.25) is 0 Å². The number of hydrogen-bond acceptors (Lipinski definition) is 12. The molecule has 6 aliphatic heterocycles. The van der Waals surface area contributed by atoms with Crippen LogP contribution in [0.25, 0.3) is 0 Å². The van der Waals surface area contributed by atoms with Gasteiger partial charge in [0.05, 0.1) is 13.2 Å². The van der Waals surface area contributed by atoms with Crippen molar-refractivity contribution >= 4 is 9.30 Å². The third-order valence-electron chi connectivity index (χ3n) is 6.90. The molecule has 39 heavy (non-hydrogen) atoms. The van der Waals surface area contributed by atoms with Crippen molar-refractivity contribution in [3.8, 4) is 0 Å². The normalized spacial score (nSPS) is 45.8. The van der Waals surface area contributed by atoms with E-state index in [1.165, 1.54) is 19.4 Å². The Balaban J connectivity index is 0.000000198. The molecule has 0 saturated carbocycles. The van der Waals surface area contributed by atoms with Crippen LogP contribution in [0, 0.1) is 7.43 Å². The van der Waals surface area contributed by atoms with Gasteiger partial charge >= 0.3 is 28.7 Å². The van der Waals surface area contributed by atoms with E-state index < -0.39 is 72.4 Å². The topological polar surface area (TPSA) is 133 Å². The molecule has 226 valence electrons. The Labute approximate surface area is 246 Å². The molecule has 6 aliphatic rings. The van der Waals surface area contributed by atoms with Crippen LogP contribution in [0.1, 0.15) is 55.4 Å². The third kappa shape index (κ3) is 7.55. The maximum absolute atomic E-state index is 10.3. The number of aliphatic hydroxyl groups is 2. The average molecular weight is 619 g/mol. The zero-order chi connectivity index (χ0) is 28.3. The molecule has 0 amide bonds. The van der Waals surface area contributed by atoms with Crippen LogP contribution in [0.4, 0.5) is 0 Å². The number of rotatable bonds is 2. The first kappa shape index (κ1) is 34.0. The fraction of sp³-hybridized carbons (Fsp3) is 0.960. The van der Waals surface area contributed by atoms with E-state index in [0.717, 1.165) is 0 Å². The molecular formula is C25H43ClO12Ti. The summed E-state index contributed by atoms with van der Waals surface area (Å²) in [5, 5.41) is 20.5. The minimum absolute atomic E-state index is 0. The molecule has 0 bridgehead atoms. The summed E-state index contributed by atoms with van der Waals surface area (Å²) in [5.74, 6) is -2.69. The van der Waals surface area contributed by atoms with E-state index in [9.17, 15) is 10.2 Å². The molecule has 6 heterocycles. The van der Waals surface area contributed by atoms with E-state index in [4.69, 9.17) is 47.4 Å². The number of halogens is 1. The van der Waals surface area contributed by atoms with Crippen molar-refractivity contribution in [3.63, 3.8) is 0 Å². The average Bonchev–Trinajstić information content (AvgIpc) is 3.61. The van der Waals surface area contributed by atoms with Gasteiger partial charge in [0, 0.05) is 0 Å². The molecule has 12 nitrogen and oxygen atoms in total. The van der Waals surface area contributed by atoms with Crippen molar-refractivity contribution < 1.29 is 77.0 Å². The van der Waals surface area contributed by atoms with Crippen LogP contribution in [-0.4, -0.2) is 108 Å². The van der Waals surface area contributed by atoms with Crippen molar-refractivity contribution in [3.05, 3.63) is 7.43 Å². The number of fused-ring (bicyclic) bond motifs is 2. The van der Waals surface area contributed by atoms with Gasteiger partial charge in [-0.3, -0.25) is 0 Å². The summed E-state index contributed by atoms with van der Waals surface area (Å²) in [6.07, 6.45) is -5.06. The first-order valence-electron chi connectivity index (χ1n) is 12.8. The molecule has 0 aromatic rings. The van der Waals surface area contributed by atoms with Gasteiger partial charge in [0.1, 0.15) is 48.8 Å². The van der Waals surface area contributed by atoms with Gasteiger partial charge in [-0.05, 0) is 55.4 Å². The minimum atomic E-state index is -0.765. The Morgan fingerprint density at radius 2 is 0.872 bits per heavy atom. The van der Waals surface area contributed by atoms with Gasteiger partial charge in [-0.15, -0.1) is 0 Å². The molecule has 2 N–H and O–H groups in total. The zero-order valence-corrected chi connectivity index (χ0v) is 26.4. The fourth-order valence-corrected chi connectivity index (χ4v) is 5.40. The quantitative estimate of drug-likeness (QED) is 0.346. The Morgan fingerprint density at radius 1 is 0.538 bits per heavy atom. The molecule has 0 spiro atoms. The van der Waals surface area contributed by atoms with Crippen LogP contribution in [0.15, 0.2) is 0 Å². The summed E-state index contributed by atoms with van der Waals surface area (Å²) in [7, 11) is 4.64. The van der Waals surface area contributed by atoms with Crippen molar-refractivity contribution in [2.45, 2.75) is 140 Å². The van der Waals surface area contributed by atoms with E-state index in [0.29, 0.717) is 13.2 Å². The monoisotopic (exact) mass is 618 g/mol. The van der Waals surface area contributed by atoms with Crippen LogP contribution >= 0.6 is 9.30 Å². The van der Waals surface area contributed by atoms with Crippen LogP contribution in [0.3, 0.4) is 0 Å². The summed E-state index contributed by atoms with van der Waals surface area (Å²) in [6.45, 7) is 15.4. The fourth-order valence-electron chi connectivity index (χ4n) is 5.40. The first-order chi connectivity index (χ1) is 17.5. The van der Waals surface area contributed by atoms with Gasteiger partial charge in [0.15, 0.2) is 35.7 Å². The molecule has 6 saturated heterocycles. The molecule has 6 rings (SSSR count). The van der Waals surface area contributed by atoms with E-state index in [-0.39, 0.29) is 19.6 Å². The number of ether oxygens (including phenoxy) is 10. The van der Waals surface area contributed by atoms with Gasteiger partial charge in [0.25, 0.3) is 0 Å². The van der Waals surface area contributed by atoms with Crippen molar-refractivity contribution in [1.82, 2.24) is 0 Å². The van der Waals surface area contributed by atoms with Crippen molar-refractivity contribution in [1.29, 1.82) is 0 Å². The van der Waals surface area contributed by atoms with Gasteiger partial charge in [0.2, 0.25) is 0 Å². The summed E-state index contributed by atoms with van der Waals surface area (Å²) >= 11 is 1.47.